The van der Waals surface area contributed by atoms with Crippen molar-refractivity contribution in [2.45, 2.75) is 51.3 Å². The quantitative estimate of drug-likeness (QED) is 0.807. The highest BCUT2D eigenvalue weighted by Crippen LogP contribution is 2.45. The van der Waals surface area contributed by atoms with Crippen LogP contribution in [0.25, 0.3) is 0 Å². The van der Waals surface area contributed by atoms with E-state index in [1.54, 1.807) is 12.4 Å². The van der Waals surface area contributed by atoms with Gasteiger partial charge in [0.1, 0.15) is 12.1 Å². The van der Waals surface area contributed by atoms with Crippen molar-refractivity contribution < 1.29 is 9.53 Å². The van der Waals surface area contributed by atoms with Crippen LogP contribution in [0.4, 0.5) is 4.79 Å². The van der Waals surface area contributed by atoms with Crippen LogP contribution in [0.5, 0.6) is 0 Å². The first-order valence-corrected chi connectivity index (χ1v) is 8.89. The minimum absolute atomic E-state index is 0.0269. The predicted molar refractivity (Wildman–Crippen MR) is 97.8 cm³/mol. The summed E-state index contributed by atoms with van der Waals surface area (Å²) in [6.07, 6.45) is 5.64. The molecule has 1 aliphatic heterocycles. The Hall–Kier alpha value is -1.85. The fourth-order valence-electron chi connectivity index (χ4n) is 3.86. The van der Waals surface area contributed by atoms with E-state index in [4.69, 9.17) is 16.3 Å². The first-order chi connectivity index (χ1) is 11.8. The lowest BCUT2D eigenvalue weighted by Gasteiger charge is -2.44. The number of aromatic nitrogens is 2. The van der Waals surface area contributed by atoms with Crippen LogP contribution in [-0.4, -0.2) is 38.4 Å². The van der Waals surface area contributed by atoms with E-state index < -0.39 is 11.3 Å². The summed E-state index contributed by atoms with van der Waals surface area (Å²) in [4.78, 5) is 19.0. The van der Waals surface area contributed by atoms with Gasteiger partial charge in [0.05, 0.1) is 12.1 Å². The molecule has 0 N–H and O–H groups in total. The molecule has 2 atom stereocenters. The first kappa shape index (κ1) is 18.0. The Morgan fingerprint density at radius 3 is 2.56 bits per heavy atom. The summed E-state index contributed by atoms with van der Waals surface area (Å²) in [5.41, 5.74) is -0.0702. The van der Waals surface area contributed by atoms with Crippen LogP contribution in [0.2, 0.25) is 5.02 Å². The molecule has 3 rings (SSSR count). The molecule has 2 heterocycles. The van der Waals surface area contributed by atoms with Crippen molar-refractivity contribution in [3.8, 4) is 0 Å². The number of nitrogens with zero attached hydrogens (tertiary/aromatic N) is 3. The monoisotopic (exact) mass is 361 g/mol. The molecule has 0 bridgehead atoms. The smallest absolute Gasteiger partial charge is 0.332 e. The number of imidazole rings is 1. The van der Waals surface area contributed by atoms with Crippen LogP contribution in [-0.2, 0) is 4.74 Å². The zero-order chi connectivity index (χ0) is 18.2. The van der Waals surface area contributed by atoms with Crippen LogP contribution >= 0.6 is 11.6 Å². The lowest BCUT2D eigenvalue weighted by Crippen LogP contribution is -2.57. The van der Waals surface area contributed by atoms with E-state index in [-0.39, 0.29) is 11.9 Å². The lowest BCUT2D eigenvalue weighted by atomic mass is 9.85. The van der Waals surface area contributed by atoms with Gasteiger partial charge in [-0.1, -0.05) is 30.7 Å². The summed E-state index contributed by atoms with van der Waals surface area (Å²) in [6.45, 7) is 8.65. The number of rotatable bonds is 3. The average molecular weight is 362 g/mol. The number of carbonyl (C=O) groups excluding carboxylic acids is 1. The Morgan fingerprint density at radius 2 is 2.00 bits per heavy atom. The van der Waals surface area contributed by atoms with E-state index in [1.165, 1.54) is 10.9 Å². The van der Waals surface area contributed by atoms with Gasteiger partial charge in [-0.3, -0.25) is 9.47 Å². The minimum Gasteiger partial charge on any atom is -0.353 e. The van der Waals surface area contributed by atoms with Gasteiger partial charge in [-0.15, -0.1) is 0 Å². The van der Waals surface area contributed by atoms with Crippen molar-refractivity contribution in [1.29, 1.82) is 0 Å². The van der Waals surface area contributed by atoms with E-state index in [2.05, 4.69) is 11.9 Å². The molecule has 1 aromatic carbocycles. The van der Waals surface area contributed by atoms with E-state index >= 15 is 0 Å². The molecule has 0 saturated carbocycles. The molecular formula is C19H24ClN3O2. The molecule has 1 amide bonds. The zero-order valence-electron chi connectivity index (χ0n) is 15.1. The highest BCUT2D eigenvalue weighted by Gasteiger charge is 2.55. The van der Waals surface area contributed by atoms with Crippen LogP contribution in [0.3, 0.4) is 0 Å². The highest BCUT2D eigenvalue weighted by molar-refractivity contribution is 6.30. The van der Waals surface area contributed by atoms with Crippen molar-refractivity contribution in [3.05, 3.63) is 53.6 Å². The maximum atomic E-state index is 13.2. The summed E-state index contributed by atoms with van der Waals surface area (Å²) in [5.74, 6) is 0.0269. The number of carbonyl (C=O) groups is 1. The standard InChI is InChI=1S/C19H24ClN3O2/c1-5-16(14-6-8-15(20)9-7-14)19(4)23(18(2,3)12-25-19)17(24)22-11-10-21-13-22/h6-11,13,16H,5,12H2,1-4H3. The Labute approximate surface area is 153 Å². The van der Waals surface area contributed by atoms with E-state index in [0.717, 1.165) is 12.0 Å². The summed E-state index contributed by atoms with van der Waals surface area (Å²) < 4.78 is 7.77. The number of halogens is 1. The number of hydrogen-bond acceptors (Lipinski definition) is 3. The largest absolute Gasteiger partial charge is 0.353 e. The molecule has 6 heteroatoms. The van der Waals surface area contributed by atoms with Crippen molar-refractivity contribution in [1.82, 2.24) is 14.5 Å². The van der Waals surface area contributed by atoms with Gasteiger partial charge in [0.15, 0.2) is 0 Å². The van der Waals surface area contributed by atoms with Crippen LogP contribution in [0.15, 0.2) is 43.0 Å². The van der Waals surface area contributed by atoms with Crippen LogP contribution in [0.1, 0.15) is 45.6 Å². The number of amides is 1. The van der Waals surface area contributed by atoms with Gasteiger partial charge in [-0.25, -0.2) is 9.78 Å². The maximum absolute atomic E-state index is 13.2. The second-order valence-electron chi connectivity index (χ2n) is 7.26. The molecule has 1 aliphatic rings. The molecule has 2 aromatic rings. The highest BCUT2D eigenvalue weighted by atomic mass is 35.5. The van der Waals surface area contributed by atoms with E-state index in [9.17, 15) is 4.79 Å². The fraction of sp³-hybridized carbons (Fsp3) is 0.474. The summed E-state index contributed by atoms with van der Waals surface area (Å²) in [6, 6.07) is 7.65. The molecule has 1 saturated heterocycles. The van der Waals surface area contributed by atoms with Gasteiger partial charge in [-0.2, -0.15) is 0 Å². The maximum Gasteiger partial charge on any atom is 0.332 e. The molecule has 1 fully saturated rings. The van der Waals surface area contributed by atoms with Gasteiger partial charge in [-0.05, 0) is 44.9 Å². The Kier molecular flexibility index (Phi) is 4.64. The van der Waals surface area contributed by atoms with Crippen LogP contribution in [0, 0.1) is 0 Å². The van der Waals surface area contributed by atoms with Gasteiger partial charge in [0, 0.05) is 23.3 Å². The third kappa shape index (κ3) is 3.07. The van der Waals surface area contributed by atoms with Gasteiger partial charge >= 0.3 is 6.03 Å². The van der Waals surface area contributed by atoms with E-state index in [1.807, 2.05) is 49.9 Å². The second kappa shape index (κ2) is 6.46. The van der Waals surface area contributed by atoms with Crippen molar-refractivity contribution in [2.75, 3.05) is 6.61 Å². The van der Waals surface area contributed by atoms with Crippen molar-refractivity contribution in [3.63, 3.8) is 0 Å². The SMILES string of the molecule is CCC(c1ccc(Cl)cc1)C1(C)OCC(C)(C)N1C(=O)n1ccnc1. The lowest BCUT2D eigenvalue weighted by molar-refractivity contribution is -0.0740. The number of benzene rings is 1. The normalized spacial score (nSPS) is 23.6. The fourth-order valence-corrected chi connectivity index (χ4v) is 3.99. The zero-order valence-corrected chi connectivity index (χ0v) is 15.8. The number of hydrogen-bond donors (Lipinski definition) is 0. The summed E-state index contributed by atoms with van der Waals surface area (Å²) in [7, 11) is 0. The second-order valence-corrected chi connectivity index (χ2v) is 7.69. The predicted octanol–water partition coefficient (Wildman–Crippen LogP) is 4.53. The third-order valence-corrected chi connectivity index (χ3v) is 5.26. The Bertz CT molecular complexity index is 743. The summed E-state index contributed by atoms with van der Waals surface area (Å²) in [5, 5.41) is 0.697. The third-order valence-electron chi connectivity index (χ3n) is 5.01. The van der Waals surface area contributed by atoms with Gasteiger partial charge in [0.2, 0.25) is 0 Å². The van der Waals surface area contributed by atoms with Crippen LogP contribution < -0.4 is 0 Å². The molecule has 2 unspecified atom stereocenters. The van der Waals surface area contributed by atoms with Gasteiger partial charge in [0.25, 0.3) is 0 Å². The number of ether oxygens (including phenoxy) is 1. The van der Waals surface area contributed by atoms with Gasteiger partial charge < -0.3 is 4.74 Å². The molecule has 25 heavy (non-hydrogen) atoms. The Morgan fingerprint density at radius 1 is 1.32 bits per heavy atom. The molecule has 5 nitrogen and oxygen atoms in total. The molecular weight excluding hydrogens is 338 g/mol. The van der Waals surface area contributed by atoms with Crippen molar-refractivity contribution in [2.24, 2.45) is 0 Å². The minimum atomic E-state index is -0.757. The molecule has 0 aliphatic carbocycles. The molecule has 0 radical (unpaired) electrons. The average Bonchev–Trinajstić information content (AvgIpc) is 3.17. The van der Waals surface area contributed by atoms with Crippen molar-refractivity contribution >= 4 is 17.6 Å². The Balaban J connectivity index is 2.04. The van der Waals surface area contributed by atoms with E-state index in [0.29, 0.717) is 11.6 Å². The molecule has 0 spiro atoms. The topological polar surface area (TPSA) is 47.4 Å². The molecule has 1 aromatic heterocycles. The summed E-state index contributed by atoms with van der Waals surface area (Å²) >= 11 is 6.04. The molecule has 134 valence electrons. The first-order valence-electron chi connectivity index (χ1n) is 8.51.